The molecular formula is C82H96B2Br3Cl5IN13O7. The zero-order chi connectivity index (χ0) is 83.7. The lowest BCUT2D eigenvalue weighted by Gasteiger charge is -2.32. The number of aryl methyl sites for hydroxylation is 5. The second-order valence-corrected chi connectivity index (χ2v) is 37.9. The molecule has 600 valence electrons. The van der Waals surface area contributed by atoms with E-state index in [2.05, 4.69) is 253 Å². The number of phenols is 2. The molecule has 0 saturated carbocycles. The number of aromatic nitrogens is 12. The Hall–Kier alpha value is -6.95. The maximum atomic E-state index is 9.92. The number of nitrogens with zero attached hydrogens (tertiary/aromatic N) is 12. The van der Waals surface area contributed by atoms with Crippen molar-refractivity contribution in [2.45, 2.75) is 153 Å². The molecule has 0 aliphatic carbocycles. The van der Waals surface area contributed by atoms with Crippen molar-refractivity contribution in [3.8, 4) is 62.1 Å². The number of hydrogen-bond donors (Lipinski definition) is 3. The molecule has 113 heavy (non-hydrogen) atoms. The lowest BCUT2D eigenvalue weighted by molar-refractivity contribution is 0.00578. The van der Waals surface area contributed by atoms with Gasteiger partial charge in [0.2, 0.25) is 0 Å². The van der Waals surface area contributed by atoms with Gasteiger partial charge in [-0.2, -0.15) is 0 Å². The van der Waals surface area contributed by atoms with Gasteiger partial charge in [0.15, 0.2) is 0 Å². The highest BCUT2D eigenvalue weighted by atomic mass is 127. The third-order valence-corrected chi connectivity index (χ3v) is 19.8. The molecule has 0 radical (unpaired) electrons. The van der Waals surface area contributed by atoms with Crippen molar-refractivity contribution in [1.29, 1.82) is 0 Å². The summed E-state index contributed by atoms with van der Waals surface area (Å²) < 4.78 is 37.5. The van der Waals surface area contributed by atoms with Crippen LogP contribution in [-0.4, -0.2) is 124 Å². The Morgan fingerprint density at radius 1 is 0.469 bits per heavy atom. The van der Waals surface area contributed by atoms with Crippen molar-refractivity contribution in [2.75, 3.05) is 39.0 Å². The minimum absolute atomic E-state index is 0.194. The van der Waals surface area contributed by atoms with Gasteiger partial charge in [-0.25, -0.2) is 39.9 Å². The van der Waals surface area contributed by atoms with Crippen LogP contribution in [0.1, 0.15) is 135 Å². The second-order valence-electron chi connectivity index (χ2n) is 28.5. The van der Waals surface area contributed by atoms with Crippen LogP contribution in [-0.2, 0) is 9.31 Å². The average molecular weight is 1940 g/mol. The number of anilines is 1. The van der Waals surface area contributed by atoms with E-state index in [-0.39, 0.29) is 56.5 Å². The summed E-state index contributed by atoms with van der Waals surface area (Å²) >= 11 is 39.7. The van der Waals surface area contributed by atoms with Crippen molar-refractivity contribution in [1.82, 2.24) is 58.1 Å². The molecule has 0 atom stereocenters. The number of benzene rings is 5. The van der Waals surface area contributed by atoms with Gasteiger partial charge in [-0.15, -0.1) is 70.5 Å². The van der Waals surface area contributed by atoms with E-state index in [1.807, 2.05) is 102 Å². The Kier molecular flexibility index (Phi) is 34.9. The summed E-state index contributed by atoms with van der Waals surface area (Å²) in [5.74, 6) is 3.88. The Balaban J connectivity index is 0.000000188. The molecule has 1 fully saturated rings. The van der Waals surface area contributed by atoms with Gasteiger partial charge >= 0.3 is 10.3 Å². The maximum Gasteiger partial charge on any atom is 0.494 e. The third-order valence-electron chi connectivity index (χ3n) is 18.1. The first-order valence-electron chi connectivity index (χ1n) is 36.0. The van der Waals surface area contributed by atoms with Gasteiger partial charge in [-0.05, 0) is 251 Å². The number of phenolic OH excluding ortho intramolecular Hbond substituents is 2. The molecule has 0 amide bonds. The summed E-state index contributed by atoms with van der Waals surface area (Å²) in [6.45, 7) is 35.2. The SMILES string of the molecule is BrB(Br)Br.CC(C)n1cc(I)c2c(Cl)ncnc21.CNc1ncnc2c1c(-c1cc(C)cc(O)c1)cn2C(C)C.COc1cc(C)cc(-c2cn(C(C)C)c3ncnc(Cl)c23)c1.COc1cc(C)cc(B2OC(C)(C)C(C)(C)O2)c1.COc1cccc(C)c1.Cc1cc(O)cc(-c2cn(C(C)C)c3ncnc(Cl)c23)c1.ClCCl. The normalized spacial score (nSPS) is 12.5. The zero-order valence-corrected chi connectivity index (χ0v) is 77.9. The van der Waals surface area contributed by atoms with E-state index < -0.39 is 0 Å². The number of halogens is 9. The van der Waals surface area contributed by atoms with Crippen LogP contribution < -0.4 is 25.0 Å². The highest BCUT2D eigenvalue weighted by molar-refractivity contribution is 14.1. The van der Waals surface area contributed by atoms with Crippen molar-refractivity contribution in [3.63, 3.8) is 0 Å². The van der Waals surface area contributed by atoms with Crippen LogP contribution in [0.2, 0.25) is 15.5 Å². The van der Waals surface area contributed by atoms with E-state index in [9.17, 15) is 10.2 Å². The number of rotatable bonds is 12. The van der Waals surface area contributed by atoms with E-state index in [0.29, 0.717) is 21.5 Å². The molecule has 0 spiro atoms. The van der Waals surface area contributed by atoms with Gasteiger partial charge in [-0.1, -0.05) is 71.2 Å². The van der Waals surface area contributed by atoms with Gasteiger partial charge in [0, 0.05) is 76.3 Å². The minimum atomic E-state index is -0.330. The summed E-state index contributed by atoms with van der Waals surface area (Å²) in [7, 11) is 6.54. The maximum absolute atomic E-state index is 9.92. The Morgan fingerprint density at radius 2 is 0.805 bits per heavy atom. The number of nitrogens with one attached hydrogen (secondary N) is 1. The van der Waals surface area contributed by atoms with Crippen molar-refractivity contribution in [2.24, 2.45) is 0 Å². The van der Waals surface area contributed by atoms with Crippen LogP contribution in [0.25, 0.3) is 77.5 Å². The van der Waals surface area contributed by atoms with E-state index in [1.54, 1.807) is 51.9 Å². The van der Waals surface area contributed by atoms with Crippen LogP contribution in [0, 0.1) is 38.2 Å². The van der Waals surface area contributed by atoms with Gasteiger partial charge < -0.3 is 57.3 Å². The van der Waals surface area contributed by atoms with Crippen LogP contribution in [0.4, 0.5) is 5.82 Å². The average Bonchev–Trinajstić information content (AvgIpc) is 1.65. The van der Waals surface area contributed by atoms with Crippen molar-refractivity contribution >= 4 is 194 Å². The molecule has 1 aliphatic heterocycles. The smallest absolute Gasteiger partial charge is 0.494 e. The summed E-state index contributed by atoms with van der Waals surface area (Å²) in [4.78, 5) is 34.0. The highest BCUT2D eigenvalue weighted by Crippen LogP contribution is 2.42. The summed E-state index contributed by atoms with van der Waals surface area (Å²) in [5, 5.41) is 28.1. The van der Waals surface area contributed by atoms with Crippen LogP contribution in [0.15, 0.2) is 147 Å². The molecule has 31 heteroatoms. The van der Waals surface area contributed by atoms with Crippen molar-refractivity contribution in [3.05, 3.63) is 194 Å². The zero-order valence-electron chi connectivity index (χ0n) is 67.2. The number of hydrogen-bond acceptors (Lipinski definition) is 16. The summed E-state index contributed by atoms with van der Waals surface area (Å²) in [5.41, 5.74) is 15.3. The highest BCUT2D eigenvalue weighted by Gasteiger charge is 2.52. The first kappa shape index (κ1) is 93.2. The van der Waals surface area contributed by atoms with E-state index in [1.165, 1.54) is 24.5 Å². The number of aromatic hydroxyl groups is 2. The van der Waals surface area contributed by atoms with E-state index >= 15 is 0 Å². The van der Waals surface area contributed by atoms with Gasteiger partial charge in [0.25, 0.3) is 0 Å². The largest absolute Gasteiger partial charge is 0.508 e. The molecule has 0 bridgehead atoms. The fourth-order valence-electron chi connectivity index (χ4n) is 12.2. The standard InChI is InChI=1S/C17H18ClN3O.C17H20N4O.C16H16ClN3O.C14H21BO3.C9H9ClIN3.C8H10O.CH2Cl2.BBr3/c1-10(2)21-8-14(15-16(18)19-9-20-17(15)21)12-5-11(3)6-13(7-12)22-4;1-10(2)21-8-14(12-5-11(3)6-13(22)7-12)15-16(18-4)19-9-20-17(15)21;1-9(2)20-7-13(11-4-10(3)5-12(21)6-11)14-15(17)18-8-19-16(14)20;1-10-7-11(9-12(8-10)16-6)15-17-13(2,3)14(4,5)18-15;1-5(2)14-3-6(11)7-8(10)12-4-13-9(7)14;1-7-4-3-5-8(6-7)9-2;2-1-3;2-1(3)4/h5-10H,1-4H3;5-10,22H,1-4H3,(H,18,19,20);4-9,21H,1-3H3;7-9H,1-6H3;3-5H,1-2H3;3-6H,1-2H3;1H2;. The molecule has 1 saturated heterocycles. The topological polar surface area (TPSA) is 221 Å². The fourth-order valence-corrected chi connectivity index (χ4v) is 13.9. The van der Waals surface area contributed by atoms with Crippen LogP contribution >= 0.6 is 128 Å². The Labute approximate surface area is 727 Å². The lowest BCUT2D eigenvalue weighted by Crippen LogP contribution is -2.41. The first-order valence-corrected chi connectivity index (χ1v) is 42.0. The molecule has 14 rings (SSSR count). The van der Waals surface area contributed by atoms with Gasteiger partial charge in [0.1, 0.15) is 97.9 Å². The second kappa shape index (κ2) is 42.3. The molecule has 9 heterocycles. The Morgan fingerprint density at radius 3 is 1.19 bits per heavy atom. The quantitative estimate of drug-likeness (QED) is 0.0448. The van der Waals surface area contributed by atoms with Gasteiger partial charge in [0.05, 0.1) is 59.4 Å². The van der Waals surface area contributed by atoms with Crippen LogP contribution in [0.3, 0.4) is 0 Å². The molecule has 0 unspecified atom stereocenters. The number of alkyl halides is 2. The Bertz CT molecular complexity index is 5300. The van der Waals surface area contributed by atoms with Gasteiger partial charge in [-0.3, -0.25) is 0 Å². The molecule has 8 aromatic heterocycles. The lowest BCUT2D eigenvalue weighted by atomic mass is 9.78. The minimum Gasteiger partial charge on any atom is -0.508 e. The molecule has 5 aromatic carbocycles. The molecule has 3 N–H and O–H groups in total. The molecule has 1 aliphatic rings. The third kappa shape index (κ3) is 24.3. The monoisotopic (exact) mass is 1940 g/mol. The number of methoxy groups -OCH3 is 3. The molecule has 13 aromatic rings. The number of ether oxygens (including phenoxy) is 3. The van der Waals surface area contributed by atoms with E-state index in [4.69, 9.17) is 81.5 Å². The van der Waals surface area contributed by atoms with Crippen molar-refractivity contribution < 1.29 is 33.7 Å². The number of fused-ring (bicyclic) bond motifs is 4. The summed E-state index contributed by atoms with van der Waals surface area (Å²) in [6, 6.07) is 32.4. The fraction of sp³-hybridized carbons (Fsp3) is 0.341. The summed E-state index contributed by atoms with van der Waals surface area (Å²) in [6.07, 6.45) is 14.3. The van der Waals surface area contributed by atoms with E-state index in [0.717, 1.165) is 132 Å². The first-order chi connectivity index (χ1) is 53.3. The predicted octanol–water partition coefficient (Wildman–Crippen LogP) is 23.9. The molecular weight excluding hydrogens is 1840 g/mol. The molecule has 20 nitrogen and oxygen atoms in total. The predicted molar refractivity (Wildman–Crippen MR) is 490 cm³/mol. The van der Waals surface area contributed by atoms with Crippen LogP contribution in [0.5, 0.6) is 28.7 Å².